The zero-order valence-corrected chi connectivity index (χ0v) is 13.7. The number of primary amides is 1. The number of anilines is 1. The average molecular weight is 349 g/mol. The minimum Gasteiger partial charge on any atom is -0.487 e. The SMILES string of the molecule is CC(Nc1ccc(OCc2cccnc2)c(Cl)c1)C(=O)NC(N)=O. The summed E-state index contributed by atoms with van der Waals surface area (Å²) in [7, 11) is 0. The number of halogens is 1. The van der Waals surface area contributed by atoms with Crippen LogP contribution in [0, 0.1) is 0 Å². The maximum atomic E-state index is 11.6. The van der Waals surface area contributed by atoms with Gasteiger partial charge in [-0.3, -0.25) is 15.1 Å². The van der Waals surface area contributed by atoms with Gasteiger partial charge in [0.2, 0.25) is 5.91 Å². The number of hydrogen-bond donors (Lipinski definition) is 3. The van der Waals surface area contributed by atoms with Crippen molar-refractivity contribution in [2.45, 2.75) is 19.6 Å². The van der Waals surface area contributed by atoms with Crippen molar-refractivity contribution in [3.05, 3.63) is 53.3 Å². The van der Waals surface area contributed by atoms with E-state index < -0.39 is 18.0 Å². The number of nitrogens with zero attached hydrogens (tertiary/aromatic N) is 1. The molecule has 0 aliphatic carbocycles. The lowest BCUT2D eigenvalue weighted by Gasteiger charge is -2.15. The highest BCUT2D eigenvalue weighted by Gasteiger charge is 2.14. The Morgan fingerprint density at radius 1 is 1.38 bits per heavy atom. The molecule has 0 fully saturated rings. The minimum absolute atomic E-state index is 0.345. The quantitative estimate of drug-likeness (QED) is 0.742. The van der Waals surface area contributed by atoms with Gasteiger partial charge >= 0.3 is 6.03 Å². The molecule has 8 heteroatoms. The molecule has 1 aromatic carbocycles. The number of aromatic nitrogens is 1. The highest BCUT2D eigenvalue weighted by Crippen LogP contribution is 2.28. The summed E-state index contributed by atoms with van der Waals surface area (Å²) < 4.78 is 5.64. The summed E-state index contributed by atoms with van der Waals surface area (Å²) in [6.45, 7) is 1.94. The van der Waals surface area contributed by atoms with Gasteiger partial charge in [-0.15, -0.1) is 0 Å². The first-order valence-electron chi connectivity index (χ1n) is 7.14. The van der Waals surface area contributed by atoms with Crippen molar-refractivity contribution in [1.29, 1.82) is 0 Å². The highest BCUT2D eigenvalue weighted by molar-refractivity contribution is 6.32. The smallest absolute Gasteiger partial charge is 0.318 e. The molecule has 0 saturated carbocycles. The van der Waals surface area contributed by atoms with Crippen molar-refractivity contribution in [1.82, 2.24) is 10.3 Å². The minimum atomic E-state index is -0.897. The Bertz CT molecular complexity index is 725. The van der Waals surface area contributed by atoms with E-state index >= 15 is 0 Å². The van der Waals surface area contributed by atoms with Crippen LogP contribution in [0.5, 0.6) is 5.75 Å². The third-order valence-electron chi connectivity index (χ3n) is 3.07. The maximum Gasteiger partial charge on any atom is 0.318 e. The van der Waals surface area contributed by atoms with Gasteiger partial charge in [0.1, 0.15) is 18.4 Å². The second-order valence-electron chi connectivity index (χ2n) is 5.01. The fraction of sp³-hybridized carbons (Fsp3) is 0.188. The maximum absolute atomic E-state index is 11.6. The molecule has 0 aliphatic heterocycles. The summed E-state index contributed by atoms with van der Waals surface area (Å²) in [5.74, 6) is -0.0177. The molecule has 0 radical (unpaired) electrons. The second kappa shape index (κ2) is 8.16. The van der Waals surface area contributed by atoms with Crippen LogP contribution >= 0.6 is 11.6 Å². The van der Waals surface area contributed by atoms with Crippen LogP contribution in [0.25, 0.3) is 0 Å². The number of pyridine rings is 1. The highest BCUT2D eigenvalue weighted by atomic mass is 35.5. The van der Waals surface area contributed by atoms with Crippen LogP contribution in [-0.4, -0.2) is 23.0 Å². The summed E-state index contributed by atoms with van der Waals surface area (Å²) in [5, 5.41) is 5.31. The van der Waals surface area contributed by atoms with Crippen molar-refractivity contribution in [2.75, 3.05) is 5.32 Å². The standard InChI is InChI=1S/C16H17ClN4O3/c1-10(15(22)21-16(18)23)20-12-4-5-14(13(17)7-12)24-9-11-3-2-6-19-8-11/h2-8,10,20H,9H2,1H3,(H3,18,21,22,23). The number of urea groups is 1. The van der Waals surface area contributed by atoms with E-state index in [1.54, 1.807) is 37.5 Å². The average Bonchev–Trinajstić information content (AvgIpc) is 2.54. The summed E-state index contributed by atoms with van der Waals surface area (Å²) >= 11 is 6.19. The molecule has 1 aromatic heterocycles. The van der Waals surface area contributed by atoms with Crippen molar-refractivity contribution >= 4 is 29.2 Å². The van der Waals surface area contributed by atoms with Gasteiger partial charge in [-0.1, -0.05) is 17.7 Å². The van der Waals surface area contributed by atoms with Gasteiger partial charge in [-0.25, -0.2) is 4.79 Å². The first kappa shape index (κ1) is 17.6. The summed E-state index contributed by atoms with van der Waals surface area (Å²) in [5.41, 5.74) is 6.44. The molecular weight excluding hydrogens is 332 g/mol. The number of imide groups is 1. The molecule has 4 N–H and O–H groups in total. The van der Waals surface area contributed by atoms with Crippen molar-refractivity contribution in [2.24, 2.45) is 5.73 Å². The predicted molar refractivity (Wildman–Crippen MR) is 90.8 cm³/mol. The molecule has 2 aromatic rings. The molecular formula is C16H17ClN4O3. The number of benzene rings is 1. The Hall–Kier alpha value is -2.80. The molecule has 1 atom stereocenters. The number of amides is 3. The Labute approximate surface area is 144 Å². The van der Waals surface area contributed by atoms with Gasteiger partial charge in [-0.05, 0) is 31.2 Å². The van der Waals surface area contributed by atoms with Gasteiger partial charge in [0, 0.05) is 23.6 Å². The molecule has 3 amide bonds. The van der Waals surface area contributed by atoms with E-state index in [0.717, 1.165) is 5.56 Å². The molecule has 1 heterocycles. The molecule has 126 valence electrons. The van der Waals surface area contributed by atoms with Crippen LogP contribution in [-0.2, 0) is 11.4 Å². The molecule has 7 nitrogen and oxygen atoms in total. The lowest BCUT2D eigenvalue weighted by molar-refractivity contribution is -0.120. The largest absolute Gasteiger partial charge is 0.487 e. The van der Waals surface area contributed by atoms with Crippen LogP contribution in [0.3, 0.4) is 0 Å². The Morgan fingerprint density at radius 2 is 2.17 bits per heavy atom. The normalized spacial score (nSPS) is 11.4. The first-order valence-corrected chi connectivity index (χ1v) is 7.51. The zero-order chi connectivity index (χ0) is 17.5. The molecule has 2 rings (SSSR count). The number of rotatable bonds is 6. The van der Waals surface area contributed by atoms with E-state index in [4.69, 9.17) is 22.1 Å². The second-order valence-corrected chi connectivity index (χ2v) is 5.42. The van der Waals surface area contributed by atoms with E-state index in [-0.39, 0.29) is 0 Å². The van der Waals surface area contributed by atoms with Crippen LogP contribution < -0.4 is 21.1 Å². The zero-order valence-electron chi connectivity index (χ0n) is 13.0. The fourth-order valence-corrected chi connectivity index (χ4v) is 2.13. The lowest BCUT2D eigenvalue weighted by atomic mass is 10.2. The van der Waals surface area contributed by atoms with Crippen LogP contribution in [0.1, 0.15) is 12.5 Å². The van der Waals surface area contributed by atoms with Crippen molar-refractivity contribution < 1.29 is 14.3 Å². The lowest BCUT2D eigenvalue weighted by Crippen LogP contribution is -2.43. The van der Waals surface area contributed by atoms with Gasteiger partial charge in [0.05, 0.1) is 5.02 Å². The number of nitrogens with one attached hydrogen (secondary N) is 2. The Morgan fingerprint density at radius 3 is 2.79 bits per heavy atom. The number of hydrogen-bond acceptors (Lipinski definition) is 5. The van der Waals surface area contributed by atoms with Crippen LogP contribution in [0.15, 0.2) is 42.7 Å². The third kappa shape index (κ3) is 5.13. The molecule has 24 heavy (non-hydrogen) atoms. The molecule has 0 spiro atoms. The van der Waals surface area contributed by atoms with Crippen LogP contribution in [0.2, 0.25) is 5.02 Å². The van der Waals surface area contributed by atoms with E-state index in [2.05, 4.69) is 10.3 Å². The molecule has 0 bridgehead atoms. The Kier molecular flexibility index (Phi) is 5.97. The van der Waals surface area contributed by atoms with E-state index in [0.29, 0.717) is 23.1 Å². The van der Waals surface area contributed by atoms with Crippen LogP contribution in [0.4, 0.5) is 10.5 Å². The van der Waals surface area contributed by atoms with Crippen molar-refractivity contribution in [3.8, 4) is 5.75 Å². The summed E-state index contributed by atoms with van der Waals surface area (Å²) in [6.07, 6.45) is 3.40. The Balaban J connectivity index is 1.96. The number of ether oxygens (including phenoxy) is 1. The van der Waals surface area contributed by atoms with E-state index in [1.807, 2.05) is 17.4 Å². The summed E-state index contributed by atoms with van der Waals surface area (Å²) in [4.78, 5) is 26.3. The molecule has 0 aliphatic rings. The fourth-order valence-electron chi connectivity index (χ4n) is 1.90. The number of nitrogens with two attached hydrogens (primary N) is 1. The third-order valence-corrected chi connectivity index (χ3v) is 3.37. The number of carbonyl (C=O) groups is 2. The first-order chi connectivity index (χ1) is 11.5. The van der Waals surface area contributed by atoms with Gasteiger partial charge in [-0.2, -0.15) is 0 Å². The van der Waals surface area contributed by atoms with E-state index in [9.17, 15) is 9.59 Å². The van der Waals surface area contributed by atoms with Gasteiger partial charge in [0.25, 0.3) is 0 Å². The van der Waals surface area contributed by atoms with Gasteiger partial charge < -0.3 is 15.8 Å². The topological polar surface area (TPSA) is 106 Å². The predicted octanol–water partition coefficient (Wildman–Crippen LogP) is 2.31. The molecule has 0 saturated heterocycles. The summed E-state index contributed by atoms with van der Waals surface area (Å²) in [6, 6.07) is 7.22. The van der Waals surface area contributed by atoms with E-state index in [1.165, 1.54) is 0 Å². The molecule has 1 unspecified atom stereocenters. The van der Waals surface area contributed by atoms with Crippen molar-refractivity contribution in [3.63, 3.8) is 0 Å². The van der Waals surface area contributed by atoms with Gasteiger partial charge in [0.15, 0.2) is 0 Å². The monoisotopic (exact) mass is 348 g/mol. The number of carbonyl (C=O) groups excluding carboxylic acids is 2.